The SMILES string of the molecule is CCOCCOCCN1CCOCCOCC=NCCOCCOCC1. The molecule has 0 N–H and O–H groups in total. The minimum absolute atomic E-state index is 0.512. The van der Waals surface area contributed by atoms with Gasteiger partial charge in [0.2, 0.25) is 0 Å². The van der Waals surface area contributed by atoms with E-state index in [0.717, 1.165) is 26.2 Å². The van der Waals surface area contributed by atoms with Crippen molar-refractivity contribution in [3.63, 3.8) is 0 Å². The Hall–Kier alpha value is -0.610. The van der Waals surface area contributed by atoms with Crippen molar-refractivity contribution >= 4 is 6.21 Å². The third-order valence-corrected chi connectivity index (χ3v) is 3.66. The second kappa shape index (κ2) is 19.2. The molecular formula is C18H36N2O6. The van der Waals surface area contributed by atoms with Crippen LogP contribution in [0.2, 0.25) is 0 Å². The summed E-state index contributed by atoms with van der Waals surface area (Å²) in [6.07, 6.45) is 1.77. The van der Waals surface area contributed by atoms with Crippen LogP contribution in [0, 0.1) is 0 Å². The van der Waals surface area contributed by atoms with Crippen LogP contribution < -0.4 is 0 Å². The first-order chi connectivity index (χ1) is 12.9. The first kappa shape index (κ1) is 23.4. The molecule has 1 rings (SSSR count). The average molecular weight is 376 g/mol. The largest absolute Gasteiger partial charge is 0.379 e. The van der Waals surface area contributed by atoms with Gasteiger partial charge in [-0.3, -0.25) is 9.89 Å². The molecule has 0 amide bonds. The summed E-state index contributed by atoms with van der Waals surface area (Å²) < 4.78 is 33.1. The quantitative estimate of drug-likeness (QED) is 0.599. The lowest BCUT2D eigenvalue weighted by molar-refractivity contribution is 0.0139. The van der Waals surface area contributed by atoms with Gasteiger partial charge in [0.05, 0.1) is 79.2 Å². The summed E-state index contributed by atoms with van der Waals surface area (Å²) in [7, 11) is 0. The number of aliphatic imine (C=N–C) groups is 1. The molecule has 0 aliphatic carbocycles. The fourth-order valence-electron chi connectivity index (χ4n) is 2.22. The Kier molecular flexibility index (Phi) is 17.3. The van der Waals surface area contributed by atoms with Gasteiger partial charge in [0.1, 0.15) is 0 Å². The fourth-order valence-corrected chi connectivity index (χ4v) is 2.22. The van der Waals surface area contributed by atoms with Gasteiger partial charge in [0.15, 0.2) is 0 Å². The Morgan fingerprint density at radius 2 is 1.46 bits per heavy atom. The van der Waals surface area contributed by atoms with Crippen LogP contribution >= 0.6 is 0 Å². The molecule has 154 valence electrons. The van der Waals surface area contributed by atoms with Gasteiger partial charge in [-0.15, -0.1) is 0 Å². The normalized spacial score (nSPS) is 20.5. The molecule has 1 heterocycles. The Morgan fingerprint density at radius 1 is 0.808 bits per heavy atom. The summed E-state index contributed by atoms with van der Waals surface area (Å²) in [5.41, 5.74) is 0. The Morgan fingerprint density at radius 3 is 2.19 bits per heavy atom. The molecule has 1 aliphatic heterocycles. The highest BCUT2D eigenvalue weighted by Gasteiger charge is 2.05. The van der Waals surface area contributed by atoms with Crippen molar-refractivity contribution in [2.24, 2.45) is 4.99 Å². The van der Waals surface area contributed by atoms with Gasteiger partial charge in [-0.1, -0.05) is 0 Å². The molecule has 8 nitrogen and oxygen atoms in total. The maximum absolute atomic E-state index is 5.64. The molecule has 0 saturated heterocycles. The monoisotopic (exact) mass is 376 g/mol. The Balaban J connectivity index is 2.21. The van der Waals surface area contributed by atoms with E-state index in [2.05, 4.69) is 9.89 Å². The molecule has 0 bridgehead atoms. The summed E-state index contributed by atoms with van der Waals surface area (Å²) in [5.74, 6) is 0. The van der Waals surface area contributed by atoms with Crippen LogP contribution in [0.15, 0.2) is 4.99 Å². The van der Waals surface area contributed by atoms with Crippen LogP contribution in [0.1, 0.15) is 6.92 Å². The van der Waals surface area contributed by atoms with E-state index in [-0.39, 0.29) is 0 Å². The van der Waals surface area contributed by atoms with Gasteiger partial charge < -0.3 is 28.4 Å². The van der Waals surface area contributed by atoms with E-state index in [4.69, 9.17) is 28.4 Å². The Labute approximate surface area is 157 Å². The topological polar surface area (TPSA) is 71.0 Å². The highest BCUT2D eigenvalue weighted by atomic mass is 16.5. The van der Waals surface area contributed by atoms with Gasteiger partial charge in [-0.2, -0.15) is 0 Å². The third kappa shape index (κ3) is 15.6. The van der Waals surface area contributed by atoms with E-state index in [1.807, 2.05) is 6.92 Å². The summed E-state index contributed by atoms with van der Waals surface area (Å²) >= 11 is 0. The fraction of sp³-hybridized carbons (Fsp3) is 0.944. The minimum atomic E-state index is 0.512. The third-order valence-electron chi connectivity index (χ3n) is 3.66. The van der Waals surface area contributed by atoms with Gasteiger partial charge in [-0.05, 0) is 6.92 Å². The number of hydrogen-bond donors (Lipinski definition) is 0. The van der Waals surface area contributed by atoms with Crippen molar-refractivity contribution in [2.75, 3.05) is 105 Å². The van der Waals surface area contributed by atoms with Gasteiger partial charge in [-0.25, -0.2) is 0 Å². The van der Waals surface area contributed by atoms with Crippen molar-refractivity contribution in [2.45, 2.75) is 6.92 Å². The zero-order valence-corrected chi connectivity index (χ0v) is 16.2. The van der Waals surface area contributed by atoms with Crippen LogP contribution in [0.25, 0.3) is 0 Å². The minimum Gasteiger partial charge on any atom is -0.379 e. The van der Waals surface area contributed by atoms with Crippen LogP contribution in [0.3, 0.4) is 0 Å². The molecule has 0 unspecified atom stereocenters. The molecule has 26 heavy (non-hydrogen) atoms. The maximum atomic E-state index is 5.64. The molecule has 0 aromatic heterocycles. The predicted octanol–water partition coefficient (Wildman–Crippen LogP) is 0.492. The zero-order valence-electron chi connectivity index (χ0n) is 16.2. The summed E-state index contributed by atoms with van der Waals surface area (Å²) in [4.78, 5) is 6.50. The van der Waals surface area contributed by atoms with Gasteiger partial charge in [0.25, 0.3) is 0 Å². The second-order valence-corrected chi connectivity index (χ2v) is 5.65. The van der Waals surface area contributed by atoms with E-state index in [9.17, 15) is 0 Å². The molecule has 0 saturated carbocycles. The molecule has 8 heteroatoms. The molecule has 0 spiro atoms. The Bertz CT molecular complexity index is 320. The zero-order chi connectivity index (χ0) is 18.5. The number of ether oxygens (including phenoxy) is 6. The van der Waals surface area contributed by atoms with E-state index in [1.165, 1.54) is 0 Å². The molecule has 0 aromatic rings. The number of nitrogens with zero attached hydrogens (tertiary/aromatic N) is 2. The summed E-state index contributed by atoms with van der Waals surface area (Å²) in [6, 6.07) is 0. The highest BCUT2D eigenvalue weighted by Crippen LogP contribution is 1.92. The van der Waals surface area contributed by atoms with Crippen LogP contribution in [-0.2, 0) is 28.4 Å². The number of rotatable bonds is 7. The van der Waals surface area contributed by atoms with Crippen molar-refractivity contribution in [1.82, 2.24) is 4.90 Å². The standard InChI is InChI=1S/C18H36N2O6/c1-2-21-13-14-24-10-5-20-6-11-25-17-15-22-8-3-19-4-9-23-16-18-26-12-7-20/h3H,2,4-18H2,1H3. The summed E-state index contributed by atoms with van der Waals surface area (Å²) in [6.45, 7) is 12.7. The van der Waals surface area contributed by atoms with E-state index in [1.54, 1.807) is 6.21 Å². The molecule has 0 aromatic carbocycles. The van der Waals surface area contributed by atoms with E-state index in [0.29, 0.717) is 79.2 Å². The lowest BCUT2D eigenvalue weighted by Gasteiger charge is -2.22. The lowest BCUT2D eigenvalue weighted by Crippen LogP contribution is -2.34. The molecule has 1 aliphatic rings. The maximum Gasteiger partial charge on any atom is 0.0815 e. The van der Waals surface area contributed by atoms with Crippen molar-refractivity contribution in [3.8, 4) is 0 Å². The van der Waals surface area contributed by atoms with E-state index >= 15 is 0 Å². The highest BCUT2D eigenvalue weighted by molar-refractivity contribution is 5.58. The van der Waals surface area contributed by atoms with Gasteiger partial charge in [0, 0.05) is 32.5 Å². The van der Waals surface area contributed by atoms with Crippen molar-refractivity contribution < 1.29 is 28.4 Å². The van der Waals surface area contributed by atoms with Gasteiger partial charge >= 0.3 is 0 Å². The van der Waals surface area contributed by atoms with Crippen molar-refractivity contribution in [1.29, 1.82) is 0 Å². The predicted molar refractivity (Wildman–Crippen MR) is 100 cm³/mol. The van der Waals surface area contributed by atoms with Crippen LogP contribution in [0.5, 0.6) is 0 Å². The molecular weight excluding hydrogens is 340 g/mol. The first-order valence-corrected chi connectivity index (χ1v) is 9.60. The van der Waals surface area contributed by atoms with Crippen molar-refractivity contribution in [3.05, 3.63) is 0 Å². The lowest BCUT2D eigenvalue weighted by atomic mass is 10.4. The smallest absolute Gasteiger partial charge is 0.0815 e. The van der Waals surface area contributed by atoms with Crippen LogP contribution in [0.4, 0.5) is 0 Å². The average Bonchev–Trinajstić information content (AvgIpc) is 2.65. The molecule has 0 atom stereocenters. The second-order valence-electron chi connectivity index (χ2n) is 5.65. The van der Waals surface area contributed by atoms with E-state index < -0.39 is 0 Å². The van der Waals surface area contributed by atoms with Crippen LogP contribution in [-0.4, -0.2) is 117 Å². The molecule has 0 radical (unpaired) electrons. The molecule has 0 fully saturated rings. The summed E-state index contributed by atoms with van der Waals surface area (Å²) in [5, 5.41) is 0. The number of hydrogen-bond acceptors (Lipinski definition) is 8. The first-order valence-electron chi connectivity index (χ1n) is 9.60.